The van der Waals surface area contributed by atoms with Crippen LogP contribution in [0.25, 0.3) is 0 Å². The Bertz CT molecular complexity index is 698. The summed E-state index contributed by atoms with van der Waals surface area (Å²) in [6, 6.07) is 10.3. The molecule has 2 saturated heterocycles. The topological polar surface area (TPSA) is 64.7 Å². The molecule has 6 nitrogen and oxygen atoms in total. The number of carbonyl (C=O) groups is 2. The highest BCUT2D eigenvalue weighted by molar-refractivity contribution is 5.86. The fraction of sp³-hybridized carbons (Fsp3) is 0.636. The normalized spacial score (nSPS) is 25.5. The van der Waals surface area contributed by atoms with E-state index in [1.54, 1.807) is 0 Å². The van der Waals surface area contributed by atoms with E-state index in [9.17, 15) is 9.59 Å². The van der Waals surface area contributed by atoms with Crippen molar-refractivity contribution in [1.29, 1.82) is 0 Å². The number of fused-ring (bicyclic) bond motifs is 1. The first-order chi connectivity index (χ1) is 13.7. The Hall–Kier alpha value is -1.50. The van der Waals surface area contributed by atoms with Crippen LogP contribution >= 0.6 is 24.8 Å². The molecule has 2 N–H and O–H groups in total. The minimum atomic E-state index is -0.234. The maximum Gasteiger partial charge on any atom is 0.227 e. The Balaban J connectivity index is 0.00000160. The number of piperazine rings is 1. The summed E-state index contributed by atoms with van der Waals surface area (Å²) in [5, 5.41) is 6.50. The lowest BCUT2D eigenvalue weighted by Gasteiger charge is -2.37. The summed E-state index contributed by atoms with van der Waals surface area (Å²) in [5.74, 6) is 0.766. The molecule has 168 valence electrons. The van der Waals surface area contributed by atoms with Gasteiger partial charge in [0.2, 0.25) is 11.8 Å². The molecule has 1 aliphatic carbocycles. The van der Waals surface area contributed by atoms with Crippen molar-refractivity contribution in [2.75, 3.05) is 50.7 Å². The van der Waals surface area contributed by atoms with Crippen LogP contribution in [0.3, 0.4) is 0 Å². The number of carbonyl (C=O) groups excluding carboxylic acids is 2. The van der Waals surface area contributed by atoms with Crippen LogP contribution in [0.5, 0.6) is 0 Å². The smallest absolute Gasteiger partial charge is 0.227 e. The molecule has 30 heavy (non-hydrogen) atoms. The highest BCUT2D eigenvalue weighted by atomic mass is 35.5. The standard InChI is InChI=1S/C22H32N4O2.2ClH/c27-20(26-14-12-25(13-15-26)19-7-2-1-3-8-19)9-11-24-21(28)22-10-5-4-6-18(22)16-23-17-22;;/h1-3,7-8,18,23H,4-6,9-17H2,(H,24,28);2*1H/t18-,22+;;/m0../s1. The third-order valence-corrected chi connectivity index (χ3v) is 6.87. The predicted molar refractivity (Wildman–Crippen MR) is 125 cm³/mol. The molecule has 1 aromatic carbocycles. The summed E-state index contributed by atoms with van der Waals surface area (Å²) in [6.07, 6.45) is 4.88. The quantitative estimate of drug-likeness (QED) is 0.713. The molecule has 0 spiro atoms. The first kappa shape index (κ1) is 24.8. The lowest BCUT2D eigenvalue weighted by Crippen LogP contribution is -2.50. The van der Waals surface area contributed by atoms with Crippen LogP contribution in [0.1, 0.15) is 32.1 Å². The Kier molecular flexibility index (Phi) is 9.26. The van der Waals surface area contributed by atoms with Gasteiger partial charge >= 0.3 is 0 Å². The van der Waals surface area contributed by atoms with Gasteiger partial charge in [-0.1, -0.05) is 31.0 Å². The van der Waals surface area contributed by atoms with E-state index in [0.717, 1.165) is 58.5 Å². The van der Waals surface area contributed by atoms with Gasteiger partial charge in [-0.25, -0.2) is 0 Å². The molecular formula is C22H34Cl2N4O2. The van der Waals surface area contributed by atoms with Crippen molar-refractivity contribution in [3.63, 3.8) is 0 Å². The largest absolute Gasteiger partial charge is 0.368 e. The number of para-hydroxylation sites is 1. The molecule has 3 aliphatic rings. The molecule has 2 aliphatic heterocycles. The average molecular weight is 457 g/mol. The Morgan fingerprint density at radius 3 is 2.53 bits per heavy atom. The lowest BCUT2D eigenvalue weighted by molar-refractivity contribution is -0.134. The van der Waals surface area contributed by atoms with Gasteiger partial charge in [0, 0.05) is 51.4 Å². The van der Waals surface area contributed by atoms with Crippen molar-refractivity contribution in [2.45, 2.75) is 32.1 Å². The number of benzene rings is 1. The van der Waals surface area contributed by atoms with Gasteiger partial charge in [-0.05, 0) is 37.4 Å². The second-order valence-electron chi connectivity index (χ2n) is 8.44. The van der Waals surface area contributed by atoms with Gasteiger partial charge in [0.1, 0.15) is 0 Å². The van der Waals surface area contributed by atoms with Gasteiger partial charge in [0.05, 0.1) is 5.41 Å². The van der Waals surface area contributed by atoms with Gasteiger partial charge in [-0.15, -0.1) is 24.8 Å². The summed E-state index contributed by atoms with van der Waals surface area (Å²) >= 11 is 0. The van der Waals surface area contributed by atoms with E-state index in [2.05, 4.69) is 27.7 Å². The maximum atomic E-state index is 12.9. The van der Waals surface area contributed by atoms with Crippen molar-refractivity contribution >= 4 is 42.3 Å². The van der Waals surface area contributed by atoms with E-state index < -0.39 is 0 Å². The maximum absolute atomic E-state index is 12.9. The number of hydrogen-bond acceptors (Lipinski definition) is 4. The van der Waals surface area contributed by atoms with Gasteiger partial charge in [0.15, 0.2) is 0 Å². The van der Waals surface area contributed by atoms with Crippen LogP contribution in [0.15, 0.2) is 30.3 Å². The van der Waals surface area contributed by atoms with E-state index in [1.807, 2.05) is 23.1 Å². The number of halogens is 2. The highest BCUT2D eigenvalue weighted by Gasteiger charge is 2.49. The monoisotopic (exact) mass is 456 g/mol. The Morgan fingerprint density at radius 1 is 1.07 bits per heavy atom. The fourth-order valence-corrected chi connectivity index (χ4v) is 5.16. The molecule has 0 aromatic heterocycles. The van der Waals surface area contributed by atoms with Crippen LogP contribution in [-0.4, -0.2) is 62.5 Å². The van der Waals surface area contributed by atoms with Crippen LogP contribution < -0.4 is 15.5 Å². The first-order valence-corrected chi connectivity index (χ1v) is 10.8. The molecular weight excluding hydrogens is 423 g/mol. The molecule has 8 heteroatoms. The fourth-order valence-electron chi connectivity index (χ4n) is 5.16. The zero-order valence-electron chi connectivity index (χ0n) is 17.5. The summed E-state index contributed by atoms with van der Waals surface area (Å²) in [5.41, 5.74) is 0.983. The van der Waals surface area contributed by atoms with Crippen LogP contribution in [0.2, 0.25) is 0 Å². The van der Waals surface area contributed by atoms with E-state index in [1.165, 1.54) is 12.1 Å². The van der Waals surface area contributed by atoms with Gasteiger partial charge in [-0.3, -0.25) is 9.59 Å². The Labute approximate surface area is 192 Å². The second-order valence-corrected chi connectivity index (χ2v) is 8.44. The second kappa shape index (κ2) is 11.2. The van der Waals surface area contributed by atoms with E-state index in [4.69, 9.17) is 0 Å². The molecule has 1 saturated carbocycles. The number of amides is 2. The van der Waals surface area contributed by atoms with Gasteiger partial charge < -0.3 is 20.4 Å². The lowest BCUT2D eigenvalue weighted by atomic mass is 9.67. The number of nitrogens with one attached hydrogen (secondary N) is 2. The number of anilines is 1. The summed E-state index contributed by atoms with van der Waals surface area (Å²) in [4.78, 5) is 29.7. The van der Waals surface area contributed by atoms with Crippen LogP contribution in [0, 0.1) is 11.3 Å². The van der Waals surface area contributed by atoms with Crippen molar-refractivity contribution in [3.8, 4) is 0 Å². The molecule has 2 atom stereocenters. The molecule has 4 rings (SSSR count). The number of nitrogens with zero attached hydrogens (tertiary/aromatic N) is 2. The minimum absolute atomic E-state index is 0. The van der Waals surface area contributed by atoms with Crippen molar-refractivity contribution in [1.82, 2.24) is 15.5 Å². The number of hydrogen-bond donors (Lipinski definition) is 2. The summed E-state index contributed by atoms with van der Waals surface area (Å²) in [7, 11) is 0. The molecule has 2 amide bonds. The molecule has 2 heterocycles. The third-order valence-electron chi connectivity index (χ3n) is 6.87. The average Bonchev–Trinajstić information content (AvgIpc) is 3.20. The molecule has 0 radical (unpaired) electrons. The SMILES string of the molecule is Cl.Cl.O=C(CCNC(=O)[C@@]12CCCC[C@H]1CNC2)N1CCN(c2ccccc2)CC1. The van der Waals surface area contributed by atoms with Crippen molar-refractivity contribution in [2.24, 2.45) is 11.3 Å². The molecule has 1 aromatic rings. The Morgan fingerprint density at radius 2 is 1.80 bits per heavy atom. The third kappa shape index (κ3) is 5.21. The van der Waals surface area contributed by atoms with Gasteiger partial charge in [-0.2, -0.15) is 0 Å². The van der Waals surface area contributed by atoms with Crippen molar-refractivity contribution < 1.29 is 9.59 Å². The summed E-state index contributed by atoms with van der Waals surface area (Å²) in [6.45, 7) is 5.41. The summed E-state index contributed by atoms with van der Waals surface area (Å²) < 4.78 is 0. The zero-order valence-corrected chi connectivity index (χ0v) is 19.1. The minimum Gasteiger partial charge on any atom is -0.368 e. The molecule has 0 unspecified atom stereocenters. The van der Waals surface area contributed by atoms with E-state index >= 15 is 0 Å². The predicted octanol–water partition coefficient (Wildman–Crippen LogP) is 2.46. The van der Waals surface area contributed by atoms with E-state index in [-0.39, 0.29) is 42.0 Å². The van der Waals surface area contributed by atoms with Crippen LogP contribution in [-0.2, 0) is 9.59 Å². The first-order valence-electron chi connectivity index (χ1n) is 10.8. The molecule has 0 bridgehead atoms. The highest BCUT2D eigenvalue weighted by Crippen LogP contribution is 2.43. The molecule has 3 fully saturated rings. The number of rotatable bonds is 5. The van der Waals surface area contributed by atoms with Crippen molar-refractivity contribution in [3.05, 3.63) is 30.3 Å². The van der Waals surface area contributed by atoms with E-state index in [0.29, 0.717) is 18.9 Å². The zero-order chi connectivity index (χ0) is 19.4. The van der Waals surface area contributed by atoms with Crippen LogP contribution in [0.4, 0.5) is 5.69 Å². The van der Waals surface area contributed by atoms with Gasteiger partial charge in [0.25, 0.3) is 0 Å².